The van der Waals surface area contributed by atoms with E-state index in [-0.39, 0.29) is 23.5 Å². The first-order chi connectivity index (χ1) is 16.3. The molecule has 2 aromatic carbocycles. The van der Waals surface area contributed by atoms with Gasteiger partial charge in [0.15, 0.2) is 11.4 Å². The topological polar surface area (TPSA) is 80.1 Å². The van der Waals surface area contributed by atoms with Gasteiger partial charge in [0, 0.05) is 29.3 Å². The molecular formula is C26H27F2N3O3. The number of carbonyl (C=O) groups is 1. The summed E-state index contributed by atoms with van der Waals surface area (Å²) in [7, 11) is 1.43. The summed E-state index contributed by atoms with van der Waals surface area (Å²) >= 11 is 0. The summed E-state index contributed by atoms with van der Waals surface area (Å²) in [6.07, 6.45) is 3.40. The van der Waals surface area contributed by atoms with Gasteiger partial charge in [-0.25, -0.2) is 13.6 Å². The molecule has 2 N–H and O–H groups in total. The van der Waals surface area contributed by atoms with Gasteiger partial charge in [0.2, 0.25) is 0 Å². The van der Waals surface area contributed by atoms with Gasteiger partial charge >= 0.3 is 5.97 Å². The van der Waals surface area contributed by atoms with Crippen molar-refractivity contribution in [2.24, 2.45) is 0 Å². The zero-order chi connectivity index (χ0) is 24.2. The fraction of sp³-hybridized carbons (Fsp3) is 0.385. The largest absolute Gasteiger partial charge is 0.479 e. The fourth-order valence-corrected chi connectivity index (χ4v) is 5.58. The van der Waals surface area contributed by atoms with Crippen LogP contribution >= 0.6 is 0 Å². The number of carboxylic acids is 1. The molecule has 4 aromatic rings. The summed E-state index contributed by atoms with van der Waals surface area (Å²) in [5.41, 5.74) is 2.41. The number of aromatic nitrogens is 3. The number of halogens is 2. The van der Waals surface area contributed by atoms with E-state index in [1.165, 1.54) is 19.2 Å². The minimum atomic E-state index is -1.21. The number of hydrogen-bond donors (Lipinski definition) is 2. The molecule has 1 aliphatic carbocycles. The Kier molecular flexibility index (Phi) is 5.43. The average Bonchev–Trinajstić information content (AvgIpc) is 3.43. The number of hydrogen-bond acceptors (Lipinski definition) is 3. The van der Waals surface area contributed by atoms with E-state index in [1.807, 2.05) is 10.6 Å². The molecule has 8 heteroatoms. The molecule has 1 aliphatic rings. The summed E-state index contributed by atoms with van der Waals surface area (Å²) in [6, 6.07) is 8.11. The number of nitrogens with zero attached hydrogens (tertiary/aromatic N) is 2. The van der Waals surface area contributed by atoms with Crippen LogP contribution in [0.4, 0.5) is 8.78 Å². The molecule has 0 aliphatic heterocycles. The van der Waals surface area contributed by atoms with Crippen LogP contribution in [0.3, 0.4) is 0 Å². The van der Waals surface area contributed by atoms with Crippen LogP contribution in [0, 0.1) is 11.6 Å². The molecule has 2 aromatic heterocycles. The van der Waals surface area contributed by atoms with Gasteiger partial charge in [0.05, 0.1) is 11.7 Å². The Morgan fingerprint density at radius 2 is 1.91 bits per heavy atom. The summed E-state index contributed by atoms with van der Waals surface area (Å²) in [5.74, 6) is -1.68. The van der Waals surface area contributed by atoms with E-state index >= 15 is 4.39 Å². The van der Waals surface area contributed by atoms with E-state index in [2.05, 4.69) is 24.0 Å². The molecule has 178 valence electrons. The number of benzene rings is 2. The highest BCUT2D eigenvalue weighted by molar-refractivity contribution is 5.99. The molecule has 0 radical (unpaired) electrons. The highest BCUT2D eigenvalue weighted by Crippen LogP contribution is 2.47. The summed E-state index contributed by atoms with van der Waals surface area (Å²) < 4.78 is 37.2. The molecule has 2 heterocycles. The molecule has 0 atom stereocenters. The summed E-state index contributed by atoms with van der Waals surface area (Å²) in [6.45, 7) is 4.12. The number of rotatable bonds is 5. The average molecular weight is 468 g/mol. The zero-order valence-corrected chi connectivity index (χ0v) is 19.4. The van der Waals surface area contributed by atoms with Crippen molar-refractivity contribution in [3.05, 3.63) is 59.4 Å². The van der Waals surface area contributed by atoms with Crippen LogP contribution in [0.15, 0.2) is 36.5 Å². The fourth-order valence-electron chi connectivity index (χ4n) is 5.58. The van der Waals surface area contributed by atoms with Gasteiger partial charge in [-0.3, -0.25) is 5.10 Å². The third-order valence-electron chi connectivity index (χ3n) is 7.30. The molecule has 0 saturated heterocycles. The van der Waals surface area contributed by atoms with Crippen LogP contribution in [-0.2, 0) is 9.53 Å². The first-order valence-electron chi connectivity index (χ1n) is 11.5. The molecule has 5 rings (SSSR count). The molecule has 0 bridgehead atoms. The Morgan fingerprint density at radius 3 is 2.50 bits per heavy atom. The van der Waals surface area contributed by atoms with E-state index in [0.717, 1.165) is 16.9 Å². The van der Waals surface area contributed by atoms with Crippen molar-refractivity contribution in [3.63, 3.8) is 0 Å². The van der Waals surface area contributed by atoms with Crippen molar-refractivity contribution in [2.45, 2.75) is 57.0 Å². The predicted molar refractivity (Wildman–Crippen MR) is 126 cm³/mol. The molecule has 1 fully saturated rings. The number of methoxy groups -OCH3 is 1. The lowest BCUT2D eigenvalue weighted by Crippen LogP contribution is -2.43. The van der Waals surface area contributed by atoms with Gasteiger partial charge in [-0.2, -0.15) is 5.10 Å². The Labute approximate surface area is 195 Å². The number of nitrogens with one attached hydrogen (secondary N) is 1. The first-order valence-corrected chi connectivity index (χ1v) is 11.5. The summed E-state index contributed by atoms with van der Waals surface area (Å²) in [4.78, 5) is 11.9. The van der Waals surface area contributed by atoms with Crippen LogP contribution in [-0.4, -0.2) is 38.6 Å². The number of H-pyrrole nitrogens is 1. The third-order valence-corrected chi connectivity index (χ3v) is 7.30. The number of carboxylic acid groups (broad SMARTS) is 1. The van der Waals surface area contributed by atoms with Crippen LogP contribution in [0.2, 0.25) is 0 Å². The van der Waals surface area contributed by atoms with Crippen LogP contribution in [0.25, 0.3) is 27.5 Å². The van der Waals surface area contributed by atoms with Crippen molar-refractivity contribution < 1.29 is 23.4 Å². The Hall–Kier alpha value is -3.26. The lowest BCUT2D eigenvalue weighted by molar-refractivity contribution is -0.166. The molecular weight excluding hydrogens is 440 g/mol. The molecule has 34 heavy (non-hydrogen) atoms. The Balaban J connectivity index is 1.78. The predicted octanol–water partition coefficient (Wildman–Crippen LogP) is 6.04. The maximum absolute atomic E-state index is 16.0. The van der Waals surface area contributed by atoms with Crippen LogP contribution in [0.1, 0.15) is 62.6 Å². The van der Waals surface area contributed by atoms with Gasteiger partial charge in [-0.1, -0.05) is 13.8 Å². The minimum Gasteiger partial charge on any atom is -0.479 e. The van der Waals surface area contributed by atoms with Crippen molar-refractivity contribution in [1.29, 1.82) is 0 Å². The van der Waals surface area contributed by atoms with Gasteiger partial charge in [0.1, 0.15) is 11.3 Å². The van der Waals surface area contributed by atoms with E-state index in [9.17, 15) is 14.3 Å². The highest BCUT2D eigenvalue weighted by Gasteiger charge is 2.44. The van der Waals surface area contributed by atoms with Crippen LogP contribution < -0.4 is 0 Å². The second kappa shape index (κ2) is 8.20. The normalized spacial score (nSPS) is 21.1. The molecule has 6 nitrogen and oxygen atoms in total. The van der Waals surface area contributed by atoms with Crippen molar-refractivity contribution in [3.8, 4) is 5.69 Å². The van der Waals surface area contributed by atoms with E-state index in [1.54, 1.807) is 18.3 Å². The second-order valence-corrected chi connectivity index (χ2v) is 9.46. The lowest BCUT2D eigenvalue weighted by atomic mass is 9.74. The maximum Gasteiger partial charge on any atom is 0.335 e. The highest BCUT2D eigenvalue weighted by atomic mass is 19.1. The Bertz CT molecular complexity index is 1380. The van der Waals surface area contributed by atoms with Gasteiger partial charge in [-0.05, 0) is 73.4 Å². The molecule has 0 unspecified atom stereocenters. The maximum atomic E-state index is 16.0. The zero-order valence-electron chi connectivity index (χ0n) is 19.4. The standard InChI is InChI=1S/C26H27F2N3O3/c1-14(2)24-20(15-8-10-26(34-3,11-9-15)25(32)33)21-19(12-16-13-29-30-23(16)22(21)28)31(24)18-6-4-17(27)5-7-18/h4-7,12-15H,8-11H2,1-3H3,(H,29,30)(H,32,33). The number of ether oxygens (including phenoxy) is 1. The van der Waals surface area contributed by atoms with Crippen LogP contribution in [0.5, 0.6) is 0 Å². The molecule has 0 spiro atoms. The van der Waals surface area contributed by atoms with Crippen molar-refractivity contribution in [2.75, 3.05) is 7.11 Å². The molecule has 0 amide bonds. The number of aromatic amines is 1. The molecule has 1 saturated carbocycles. The monoisotopic (exact) mass is 467 g/mol. The second-order valence-electron chi connectivity index (χ2n) is 9.46. The smallest absolute Gasteiger partial charge is 0.335 e. The SMILES string of the molecule is COC1(C(=O)O)CCC(c2c(C(C)C)n(-c3ccc(F)cc3)c3cc4cn[nH]c4c(F)c23)CC1. The van der Waals surface area contributed by atoms with Gasteiger partial charge in [-0.15, -0.1) is 0 Å². The number of fused-ring (bicyclic) bond motifs is 2. The Morgan fingerprint density at radius 1 is 1.24 bits per heavy atom. The van der Waals surface area contributed by atoms with Crippen molar-refractivity contribution in [1.82, 2.24) is 14.8 Å². The minimum absolute atomic E-state index is 0.0388. The summed E-state index contributed by atoms with van der Waals surface area (Å²) in [5, 5.41) is 17.7. The number of aliphatic carboxylic acids is 1. The van der Waals surface area contributed by atoms with Gasteiger partial charge < -0.3 is 14.4 Å². The quantitative estimate of drug-likeness (QED) is 0.375. The third kappa shape index (κ3) is 3.31. The first kappa shape index (κ1) is 22.5. The van der Waals surface area contributed by atoms with Gasteiger partial charge in [0.25, 0.3) is 0 Å². The lowest BCUT2D eigenvalue weighted by Gasteiger charge is -2.36. The van der Waals surface area contributed by atoms with Crippen molar-refractivity contribution >= 4 is 27.8 Å². The van der Waals surface area contributed by atoms with E-state index in [4.69, 9.17) is 4.74 Å². The van der Waals surface area contributed by atoms with E-state index < -0.39 is 11.6 Å². The van der Waals surface area contributed by atoms with E-state index in [0.29, 0.717) is 47.5 Å².